The molecule has 0 heterocycles. The Kier molecular flexibility index (Phi) is 2.79. The largest absolute Gasteiger partial charge is 0.508 e. The number of benzene rings is 2. The Morgan fingerprint density at radius 2 is 1.33 bits per heavy atom. The fraction of sp³-hybridized carbons (Fsp3) is 0.143. The Labute approximate surface area is 104 Å². The predicted octanol–water partition coefficient (Wildman–Crippen LogP) is 2.79. The van der Waals surface area contributed by atoms with E-state index in [1.165, 1.54) is 12.1 Å². The van der Waals surface area contributed by atoms with Crippen LogP contribution in [0.4, 0.5) is 0 Å². The molecule has 0 spiro atoms. The Morgan fingerprint density at radius 3 is 2.00 bits per heavy atom. The van der Waals surface area contributed by atoms with Gasteiger partial charge in [0.1, 0.15) is 5.75 Å². The lowest BCUT2D eigenvalue weighted by atomic mass is 9.96. The number of aromatic hydroxyl groups is 4. The zero-order valence-electron chi connectivity index (χ0n) is 10.1. The van der Waals surface area contributed by atoms with Crippen molar-refractivity contribution in [2.75, 3.05) is 0 Å². The summed E-state index contributed by atoms with van der Waals surface area (Å²) >= 11 is 0. The van der Waals surface area contributed by atoms with Crippen molar-refractivity contribution in [3.05, 3.63) is 35.4 Å². The number of phenols is 4. The highest BCUT2D eigenvalue weighted by molar-refractivity contribution is 5.78. The van der Waals surface area contributed by atoms with Crippen molar-refractivity contribution in [1.82, 2.24) is 0 Å². The summed E-state index contributed by atoms with van der Waals surface area (Å²) in [5.74, 6) is -1.11. The fourth-order valence-corrected chi connectivity index (χ4v) is 1.88. The molecule has 94 valence electrons. The summed E-state index contributed by atoms with van der Waals surface area (Å²) < 4.78 is 0. The first kappa shape index (κ1) is 12.1. The van der Waals surface area contributed by atoms with Gasteiger partial charge in [0, 0.05) is 5.56 Å². The average Bonchev–Trinajstić information content (AvgIpc) is 2.32. The Bertz CT molecular complexity index is 618. The molecule has 0 bridgehead atoms. The summed E-state index contributed by atoms with van der Waals surface area (Å²) in [4.78, 5) is 0. The maximum Gasteiger partial charge on any atom is 0.200 e. The highest BCUT2D eigenvalue weighted by atomic mass is 16.3. The molecule has 0 aliphatic heterocycles. The Hall–Kier alpha value is -2.36. The Balaban J connectivity index is 2.70. The van der Waals surface area contributed by atoms with Crippen molar-refractivity contribution < 1.29 is 20.4 Å². The minimum Gasteiger partial charge on any atom is -0.508 e. The standard InChI is InChI=1S/C14H14O4/c1-7-6-12(16)8(2)5-10(7)9-3-4-11(15)14(18)13(9)17/h3-6,15-18H,1-2H3. The van der Waals surface area contributed by atoms with E-state index in [2.05, 4.69) is 0 Å². The molecular weight excluding hydrogens is 232 g/mol. The van der Waals surface area contributed by atoms with Gasteiger partial charge in [-0.25, -0.2) is 0 Å². The molecule has 0 saturated carbocycles. The third kappa shape index (κ3) is 1.82. The van der Waals surface area contributed by atoms with Gasteiger partial charge >= 0.3 is 0 Å². The summed E-state index contributed by atoms with van der Waals surface area (Å²) in [6.07, 6.45) is 0. The van der Waals surface area contributed by atoms with Crippen molar-refractivity contribution in [3.63, 3.8) is 0 Å². The van der Waals surface area contributed by atoms with E-state index in [1.54, 1.807) is 26.0 Å². The summed E-state index contributed by atoms with van der Waals surface area (Å²) in [6, 6.07) is 6.14. The number of hydrogen-bond acceptors (Lipinski definition) is 4. The molecule has 0 saturated heterocycles. The normalized spacial score (nSPS) is 10.6. The molecule has 4 heteroatoms. The number of phenolic OH excluding ortho intramolecular Hbond substituents is 4. The van der Waals surface area contributed by atoms with E-state index in [0.29, 0.717) is 16.7 Å². The number of rotatable bonds is 1. The number of aryl methyl sites for hydroxylation is 2. The lowest BCUT2D eigenvalue weighted by Gasteiger charge is -2.12. The van der Waals surface area contributed by atoms with E-state index in [4.69, 9.17) is 0 Å². The van der Waals surface area contributed by atoms with E-state index in [9.17, 15) is 20.4 Å². The average molecular weight is 246 g/mol. The monoisotopic (exact) mass is 246 g/mol. The van der Waals surface area contributed by atoms with Crippen LogP contribution in [0.1, 0.15) is 11.1 Å². The van der Waals surface area contributed by atoms with Crippen LogP contribution in [0, 0.1) is 13.8 Å². The SMILES string of the molecule is Cc1cc(-c2ccc(O)c(O)c2O)c(C)cc1O. The van der Waals surface area contributed by atoms with Gasteiger partial charge in [0.05, 0.1) is 0 Å². The van der Waals surface area contributed by atoms with E-state index in [-0.39, 0.29) is 17.2 Å². The summed E-state index contributed by atoms with van der Waals surface area (Å²) in [5, 5.41) is 38.2. The second kappa shape index (κ2) is 4.14. The van der Waals surface area contributed by atoms with Gasteiger partial charge in [-0.1, -0.05) is 0 Å². The molecule has 4 nitrogen and oxygen atoms in total. The third-order valence-electron chi connectivity index (χ3n) is 2.96. The molecule has 0 radical (unpaired) electrons. The molecule has 0 aliphatic rings. The van der Waals surface area contributed by atoms with E-state index in [1.807, 2.05) is 0 Å². The summed E-state index contributed by atoms with van der Waals surface area (Å²) in [6.45, 7) is 3.54. The van der Waals surface area contributed by atoms with Crippen molar-refractivity contribution in [1.29, 1.82) is 0 Å². The molecule has 2 aromatic carbocycles. The van der Waals surface area contributed by atoms with Crippen molar-refractivity contribution in [3.8, 4) is 34.1 Å². The molecule has 18 heavy (non-hydrogen) atoms. The Morgan fingerprint density at radius 1 is 0.667 bits per heavy atom. The van der Waals surface area contributed by atoms with Crippen LogP contribution in [0.25, 0.3) is 11.1 Å². The maximum absolute atomic E-state index is 9.84. The van der Waals surface area contributed by atoms with Gasteiger partial charge in [-0.15, -0.1) is 0 Å². The molecule has 0 unspecified atom stereocenters. The fourth-order valence-electron chi connectivity index (χ4n) is 1.88. The lowest BCUT2D eigenvalue weighted by Crippen LogP contribution is -1.87. The summed E-state index contributed by atoms with van der Waals surface area (Å²) in [5.41, 5.74) is 2.53. The second-order valence-corrected chi connectivity index (χ2v) is 4.28. The second-order valence-electron chi connectivity index (χ2n) is 4.28. The van der Waals surface area contributed by atoms with Crippen molar-refractivity contribution in [2.45, 2.75) is 13.8 Å². The van der Waals surface area contributed by atoms with E-state index in [0.717, 1.165) is 5.56 Å². The van der Waals surface area contributed by atoms with Crippen LogP contribution in [-0.2, 0) is 0 Å². The smallest absolute Gasteiger partial charge is 0.200 e. The minimum absolute atomic E-state index is 0.179. The van der Waals surface area contributed by atoms with Crippen LogP contribution in [0.5, 0.6) is 23.0 Å². The quantitative estimate of drug-likeness (QED) is 0.583. The van der Waals surface area contributed by atoms with Crippen LogP contribution in [-0.4, -0.2) is 20.4 Å². The summed E-state index contributed by atoms with van der Waals surface area (Å²) in [7, 11) is 0. The van der Waals surface area contributed by atoms with Gasteiger partial charge in [0.2, 0.25) is 5.75 Å². The van der Waals surface area contributed by atoms with Crippen LogP contribution >= 0.6 is 0 Å². The molecule has 4 N–H and O–H groups in total. The number of hydrogen-bond donors (Lipinski definition) is 4. The van der Waals surface area contributed by atoms with Gasteiger partial charge in [-0.05, 0) is 54.8 Å². The van der Waals surface area contributed by atoms with Gasteiger partial charge < -0.3 is 20.4 Å². The maximum atomic E-state index is 9.84. The highest BCUT2D eigenvalue weighted by Crippen LogP contribution is 2.43. The van der Waals surface area contributed by atoms with Gasteiger partial charge in [0.25, 0.3) is 0 Å². The molecule has 0 atom stereocenters. The molecule has 0 fully saturated rings. The molecule has 2 rings (SSSR count). The van der Waals surface area contributed by atoms with Crippen LogP contribution in [0.3, 0.4) is 0 Å². The first-order chi connectivity index (χ1) is 8.41. The molecule has 0 aliphatic carbocycles. The van der Waals surface area contributed by atoms with E-state index >= 15 is 0 Å². The topological polar surface area (TPSA) is 80.9 Å². The van der Waals surface area contributed by atoms with Crippen LogP contribution < -0.4 is 0 Å². The predicted molar refractivity (Wildman–Crippen MR) is 68.0 cm³/mol. The third-order valence-corrected chi connectivity index (χ3v) is 2.96. The zero-order chi connectivity index (χ0) is 13.4. The van der Waals surface area contributed by atoms with Gasteiger partial charge in [-0.2, -0.15) is 0 Å². The van der Waals surface area contributed by atoms with Crippen molar-refractivity contribution >= 4 is 0 Å². The highest BCUT2D eigenvalue weighted by Gasteiger charge is 2.15. The first-order valence-electron chi connectivity index (χ1n) is 5.46. The van der Waals surface area contributed by atoms with Gasteiger partial charge in [-0.3, -0.25) is 0 Å². The molecular formula is C14H14O4. The van der Waals surface area contributed by atoms with E-state index < -0.39 is 5.75 Å². The van der Waals surface area contributed by atoms with Gasteiger partial charge in [0.15, 0.2) is 11.5 Å². The lowest BCUT2D eigenvalue weighted by molar-refractivity contribution is 0.369. The minimum atomic E-state index is -0.544. The van der Waals surface area contributed by atoms with Crippen molar-refractivity contribution in [2.24, 2.45) is 0 Å². The zero-order valence-corrected chi connectivity index (χ0v) is 10.1. The first-order valence-corrected chi connectivity index (χ1v) is 5.46. The molecule has 0 amide bonds. The molecule has 0 aromatic heterocycles. The van der Waals surface area contributed by atoms with Crippen LogP contribution in [0.15, 0.2) is 24.3 Å². The molecule has 2 aromatic rings. The van der Waals surface area contributed by atoms with Crippen LogP contribution in [0.2, 0.25) is 0 Å².